The Balaban J connectivity index is 2.75. The largest absolute Gasteiger partial charge is 0.351 e. The Labute approximate surface area is 118 Å². The van der Waals surface area contributed by atoms with Gasteiger partial charge in [0.1, 0.15) is 5.82 Å². The van der Waals surface area contributed by atoms with Crippen LogP contribution < -0.4 is 10.0 Å². The summed E-state index contributed by atoms with van der Waals surface area (Å²) in [5.74, 6) is -3.62. The van der Waals surface area contributed by atoms with Gasteiger partial charge >= 0.3 is 5.69 Å². The molecule has 8 nitrogen and oxygen atoms in total. The van der Waals surface area contributed by atoms with Crippen molar-refractivity contribution in [1.82, 2.24) is 10.0 Å². The molecule has 11 heteroatoms. The van der Waals surface area contributed by atoms with E-state index < -0.39 is 43.7 Å². The molecule has 0 saturated carbocycles. The van der Waals surface area contributed by atoms with Crippen LogP contribution in [-0.4, -0.2) is 38.6 Å². The number of hydrogen-bond acceptors (Lipinski definition) is 5. The van der Waals surface area contributed by atoms with E-state index in [-0.39, 0.29) is 13.1 Å². The first-order valence-electron chi connectivity index (χ1n) is 5.48. The SMILES string of the molecule is CS(=O)(=O)NCCNC(=O)c1cc(F)c([N+](=O)[O-])cc1F. The van der Waals surface area contributed by atoms with E-state index in [2.05, 4.69) is 10.0 Å². The maximum absolute atomic E-state index is 13.5. The molecule has 0 aliphatic heterocycles. The van der Waals surface area contributed by atoms with Gasteiger partial charge in [0.25, 0.3) is 5.91 Å². The van der Waals surface area contributed by atoms with E-state index in [1.165, 1.54) is 0 Å². The van der Waals surface area contributed by atoms with Gasteiger partial charge < -0.3 is 5.32 Å². The summed E-state index contributed by atoms with van der Waals surface area (Å²) in [7, 11) is -3.43. The quantitative estimate of drug-likeness (QED) is 0.439. The Morgan fingerprint density at radius 2 is 1.90 bits per heavy atom. The first-order chi connectivity index (χ1) is 9.61. The minimum atomic E-state index is -3.43. The second kappa shape index (κ2) is 6.54. The third-order valence-corrected chi connectivity index (χ3v) is 2.98. The van der Waals surface area contributed by atoms with Crippen molar-refractivity contribution in [2.24, 2.45) is 0 Å². The zero-order chi connectivity index (χ0) is 16.2. The molecule has 1 aromatic carbocycles. The smallest absolute Gasteiger partial charge is 0.307 e. The molecule has 116 valence electrons. The van der Waals surface area contributed by atoms with Gasteiger partial charge in [-0.25, -0.2) is 17.5 Å². The van der Waals surface area contributed by atoms with E-state index in [1.807, 2.05) is 0 Å². The zero-order valence-corrected chi connectivity index (χ0v) is 11.5. The van der Waals surface area contributed by atoms with Crippen LogP contribution in [-0.2, 0) is 10.0 Å². The fraction of sp³-hybridized carbons (Fsp3) is 0.300. The van der Waals surface area contributed by atoms with E-state index in [4.69, 9.17) is 0 Å². The molecule has 0 aromatic heterocycles. The Morgan fingerprint density at radius 3 is 2.43 bits per heavy atom. The van der Waals surface area contributed by atoms with Crippen molar-refractivity contribution in [3.05, 3.63) is 39.4 Å². The van der Waals surface area contributed by atoms with Gasteiger partial charge in [0.2, 0.25) is 15.8 Å². The lowest BCUT2D eigenvalue weighted by atomic mass is 10.1. The van der Waals surface area contributed by atoms with Crippen molar-refractivity contribution in [3.63, 3.8) is 0 Å². The molecule has 1 aromatic rings. The molecule has 0 aliphatic carbocycles. The summed E-state index contributed by atoms with van der Waals surface area (Å²) in [5, 5.41) is 12.5. The summed E-state index contributed by atoms with van der Waals surface area (Å²) in [4.78, 5) is 20.8. The Morgan fingerprint density at radius 1 is 1.29 bits per heavy atom. The monoisotopic (exact) mass is 323 g/mol. The van der Waals surface area contributed by atoms with Crippen LogP contribution in [0.1, 0.15) is 10.4 Å². The van der Waals surface area contributed by atoms with Crippen LogP contribution in [0.15, 0.2) is 12.1 Å². The second-order valence-electron chi connectivity index (χ2n) is 3.96. The van der Waals surface area contributed by atoms with Crippen molar-refractivity contribution < 1.29 is 26.9 Å². The number of nitrogens with zero attached hydrogens (tertiary/aromatic N) is 1. The summed E-state index contributed by atoms with van der Waals surface area (Å²) in [5.41, 5.74) is -1.79. The molecule has 0 fully saturated rings. The van der Waals surface area contributed by atoms with E-state index in [9.17, 15) is 32.1 Å². The standard InChI is InChI=1S/C10H11F2N3O5S/c1-21(19,20)14-3-2-13-10(16)6-4-8(12)9(15(17)18)5-7(6)11/h4-5,14H,2-3H2,1H3,(H,13,16). The number of nitrogens with one attached hydrogen (secondary N) is 2. The Hall–Kier alpha value is -2.14. The summed E-state index contributed by atoms with van der Waals surface area (Å²) in [6, 6.07) is 0.714. The molecule has 0 aliphatic rings. The fourth-order valence-electron chi connectivity index (χ4n) is 1.36. The summed E-state index contributed by atoms with van der Waals surface area (Å²) in [6.45, 7) is -0.300. The normalized spacial score (nSPS) is 11.2. The van der Waals surface area contributed by atoms with Crippen LogP contribution in [0.2, 0.25) is 0 Å². The Kier molecular flexibility index (Phi) is 5.27. The molecule has 1 amide bonds. The molecule has 1 rings (SSSR count). The molecule has 2 N–H and O–H groups in total. The maximum Gasteiger partial charge on any atom is 0.307 e. The minimum Gasteiger partial charge on any atom is -0.351 e. The molecule has 0 bridgehead atoms. The van der Waals surface area contributed by atoms with Crippen LogP contribution in [0.5, 0.6) is 0 Å². The third kappa shape index (κ3) is 5.04. The zero-order valence-electron chi connectivity index (χ0n) is 10.7. The number of hydrogen-bond donors (Lipinski definition) is 2. The van der Waals surface area contributed by atoms with Crippen LogP contribution in [0.4, 0.5) is 14.5 Å². The maximum atomic E-state index is 13.5. The van der Waals surface area contributed by atoms with Gasteiger partial charge in [-0.3, -0.25) is 14.9 Å². The lowest BCUT2D eigenvalue weighted by Gasteiger charge is -2.07. The van der Waals surface area contributed by atoms with Gasteiger partial charge in [0.15, 0.2) is 0 Å². The lowest BCUT2D eigenvalue weighted by molar-refractivity contribution is -0.387. The van der Waals surface area contributed by atoms with Crippen LogP contribution >= 0.6 is 0 Å². The average Bonchev–Trinajstić information content (AvgIpc) is 2.35. The second-order valence-corrected chi connectivity index (χ2v) is 5.80. The summed E-state index contributed by atoms with van der Waals surface area (Å²) >= 11 is 0. The highest BCUT2D eigenvalue weighted by Gasteiger charge is 2.21. The highest BCUT2D eigenvalue weighted by Crippen LogP contribution is 2.21. The molecule has 0 saturated heterocycles. The van der Waals surface area contributed by atoms with Gasteiger partial charge in [-0.2, -0.15) is 4.39 Å². The number of sulfonamides is 1. The highest BCUT2D eigenvalue weighted by atomic mass is 32.2. The van der Waals surface area contributed by atoms with Gasteiger partial charge in [-0.1, -0.05) is 0 Å². The van der Waals surface area contributed by atoms with E-state index in [0.29, 0.717) is 12.1 Å². The molecule has 0 atom stereocenters. The number of rotatable bonds is 6. The van der Waals surface area contributed by atoms with Crippen LogP contribution in [0.3, 0.4) is 0 Å². The van der Waals surface area contributed by atoms with Gasteiger partial charge in [0, 0.05) is 13.1 Å². The van der Waals surface area contributed by atoms with Crippen molar-refractivity contribution in [3.8, 4) is 0 Å². The molecule has 21 heavy (non-hydrogen) atoms. The van der Waals surface area contributed by atoms with Crippen molar-refractivity contribution in [2.45, 2.75) is 0 Å². The number of halogens is 2. The fourth-order valence-corrected chi connectivity index (χ4v) is 1.83. The third-order valence-electron chi connectivity index (χ3n) is 2.25. The average molecular weight is 323 g/mol. The molecule has 0 unspecified atom stereocenters. The van der Waals surface area contributed by atoms with E-state index >= 15 is 0 Å². The lowest BCUT2D eigenvalue weighted by Crippen LogP contribution is -2.34. The summed E-state index contributed by atoms with van der Waals surface area (Å²) in [6.07, 6.45) is 0.917. The van der Waals surface area contributed by atoms with Crippen LogP contribution in [0, 0.1) is 21.7 Å². The topological polar surface area (TPSA) is 118 Å². The molecule has 0 heterocycles. The highest BCUT2D eigenvalue weighted by molar-refractivity contribution is 7.88. The number of nitro benzene ring substituents is 1. The van der Waals surface area contributed by atoms with Gasteiger partial charge in [0.05, 0.1) is 22.8 Å². The minimum absolute atomic E-state index is 0.137. The summed E-state index contributed by atoms with van der Waals surface area (Å²) < 4.78 is 50.4. The van der Waals surface area contributed by atoms with Gasteiger partial charge in [-0.05, 0) is 6.07 Å². The van der Waals surface area contributed by atoms with E-state index in [1.54, 1.807) is 0 Å². The number of nitro groups is 1. The van der Waals surface area contributed by atoms with Crippen LogP contribution in [0.25, 0.3) is 0 Å². The number of carbonyl (C=O) groups is 1. The van der Waals surface area contributed by atoms with Crippen molar-refractivity contribution in [1.29, 1.82) is 0 Å². The number of carbonyl (C=O) groups excluding carboxylic acids is 1. The predicted molar refractivity (Wildman–Crippen MR) is 68.2 cm³/mol. The first-order valence-corrected chi connectivity index (χ1v) is 7.37. The van der Waals surface area contributed by atoms with Gasteiger partial charge in [-0.15, -0.1) is 0 Å². The predicted octanol–water partition coefficient (Wildman–Crippen LogP) is 0.152. The molecule has 0 spiro atoms. The van der Waals surface area contributed by atoms with E-state index in [0.717, 1.165) is 6.26 Å². The van der Waals surface area contributed by atoms with Crippen molar-refractivity contribution in [2.75, 3.05) is 19.3 Å². The van der Waals surface area contributed by atoms with Crippen molar-refractivity contribution >= 4 is 21.6 Å². The molecular weight excluding hydrogens is 312 g/mol. The molecule has 0 radical (unpaired) electrons. The number of benzene rings is 1. The molecular formula is C10H11F2N3O5S. The Bertz CT molecular complexity index is 678. The number of amides is 1. The first kappa shape index (κ1) is 16.9.